The average molecular weight is 862 g/mol. The van der Waals surface area contributed by atoms with Gasteiger partial charge in [-0.2, -0.15) is 0 Å². The van der Waals surface area contributed by atoms with Crippen molar-refractivity contribution in [1.29, 1.82) is 0 Å². The highest BCUT2D eigenvalue weighted by molar-refractivity contribution is 5.92. The molecule has 5 aliphatic rings. The maximum Gasteiger partial charge on any atom is 0.411 e. The van der Waals surface area contributed by atoms with Crippen molar-refractivity contribution in [3.63, 3.8) is 0 Å². The quantitative estimate of drug-likeness (QED) is 0.235. The van der Waals surface area contributed by atoms with Crippen molar-refractivity contribution in [2.45, 2.75) is 141 Å². The summed E-state index contributed by atoms with van der Waals surface area (Å²) in [5.41, 5.74) is 0.880. The van der Waals surface area contributed by atoms with Crippen LogP contribution in [0.25, 0.3) is 11.1 Å². The molecule has 0 radical (unpaired) electrons. The predicted octanol–water partition coefficient (Wildman–Crippen LogP) is 6.26. The first-order chi connectivity index (χ1) is 29.4. The number of hydrogen-bond acceptors (Lipinski definition) is 13. The monoisotopic (exact) mass is 861 g/mol. The third-order valence-corrected chi connectivity index (χ3v) is 14.2. The van der Waals surface area contributed by atoms with E-state index in [2.05, 4.69) is 18.2 Å². The number of nitrogens with zero attached hydrogens (tertiary/aromatic N) is 3. The van der Waals surface area contributed by atoms with E-state index in [1.165, 1.54) is 0 Å². The van der Waals surface area contributed by atoms with Crippen LogP contribution in [0.5, 0.6) is 0 Å². The van der Waals surface area contributed by atoms with E-state index in [0.717, 1.165) is 16.7 Å². The zero-order chi connectivity index (χ0) is 44.7. The summed E-state index contributed by atoms with van der Waals surface area (Å²) in [5, 5.41) is 16.5. The van der Waals surface area contributed by atoms with Crippen LogP contribution < -0.4 is 0 Å². The molecule has 6 bridgehead atoms. The lowest BCUT2D eigenvalue weighted by atomic mass is 9.73. The number of Topliss-reactive ketones (excluding diaryl/α,β-unsaturated/α-hetero) is 1. The molecular weight excluding hydrogens is 795 g/mol. The Morgan fingerprint density at radius 3 is 2.39 bits per heavy atom. The molecular formula is C48H67N3O11. The van der Waals surface area contributed by atoms with Gasteiger partial charge in [-0.25, -0.2) is 4.79 Å². The van der Waals surface area contributed by atoms with Gasteiger partial charge in [0.2, 0.25) is 0 Å². The molecule has 14 heteroatoms. The van der Waals surface area contributed by atoms with Crippen molar-refractivity contribution < 1.29 is 52.7 Å². The summed E-state index contributed by atoms with van der Waals surface area (Å²) in [6.45, 7) is 15.1. The fourth-order valence-electron chi connectivity index (χ4n) is 10.8. The van der Waals surface area contributed by atoms with E-state index in [9.17, 15) is 19.5 Å². The molecule has 14 nitrogen and oxygen atoms in total. The van der Waals surface area contributed by atoms with Crippen LogP contribution in [0.2, 0.25) is 0 Å². The van der Waals surface area contributed by atoms with Crippen molar-refractivity contribution in [1.82, 2.24) is 9.80 Å². The standard InChI is InChI=1S/C48H67N3O11/c1-11-38-48(8)42-29(4)39(52)27(2)22-47(7)43(61-45-40(53)37(50(9)10)20-28(3)59-45)30(5)41(31(6)44(54)60-38)56-25-35(26-57-47)36(23-51(42)46(55)62-48)49-58-24-32-16-15-19-34(21-32)33-17-13-12-14-18-33/h12-19,21,27-31,35,37-38,40-43,45,53H,11,20,22-26H2,1-10H3/b49-36-/t27-,28-,29+,30+,31-,35?,37+,38-,40-,41+,42+,43-,45+,47?,48?/m1/s1. The number of oxime groups is 1. The topological polar surface area (TPSA) is 155 Å². The number of hydrogen-bond donors (Lipinski definition) is 1. The van der Waals surface area contributed by atoms with Crippen molar-refractivity contribution in [2.75, 3.05) is 33.9 Å². The second kappa shape index (κ2) is 18.7. The highest BCUT2D eigenvalue weighted by atomic mass is 16.7. The number of carbonyl (C=O) groups excluding carboxylic acids is 3. The van der Waals surface area contributed by atoms with E-state index in [-0.39, 0.29) is 50.7 Å². The van der Waals surface area contributed by atoms with Gasteiger partial charge in [-0.1, -0.05) is 81.4 Å². The zero-order valence-corrected chi connectivity index (χ0v) is 38.0. The number of rotatable bonds is 8. The minimum absolute atomic E-state index is 0.0456. The van der Waals surface area contributed by atoms with E-state index in [1.54, 1.807) is 18.7 Å². The summed E-state index contributed by atoms with van der Waals surface area (Å²) in [6.07, 6.45) is -4.32. The summed E-state index contributed by atoms with van der Waals surface area (Å²) < 4.78 is 40.0. The molecule has 5 aliphatic heterocycles. The molecule has 0 aromatic heterocycles. The normalized spacial score (nSPS) is 40.0. The Bertz CT molecular complexity index is 1950. The Kier molecular flexibility index (Phi) is 13.9. The molecule has 5 fully saturated rings. The molecule has 0 saturated carbocycles. The highest BCUT2D eigenvalue weighted by Crippen LogP contribution is 2.45. The average Bonchev–Trinajstić information content (AvgIpc) is 3.52. The van der Waals surface area contributed by atoms with Gasteiger partial charge in [0.15, 0.2) is 11.9 Å². The number of aliphatic hydroxyl groups is 1. The lowest BCUT2D eigenvalue weighted by molar-refractivity contribution is -0.302. The summed E-state index contributed by atoms with van der Waals surface area (Å²) in [6, 6.07) is 17.0. The summed E-state index contributed by atoms with van der Waals surface area (Å²) >= 11 is 0. The Morgan fingerprint density at radius 1 is 0.952 bits per heavy atom. The largest absolute Gasteiger partial charge is 0.458 e. The van der Waals surface area contributed by atoms with E-state index < -0.39 is 89.6 Å². The molecule has 5 heterocycles. The Morgan fingerprint density at radius 2 is 1.68 bits per heavy atom. The second-order valence-corrected chi connectivity index (χ2v) is 19.1. The van der Waals surface area contributed by atoms with Crippen molar-refractivity contribution >= 4 is 23.6 Å². The van der Waals surface area contributed by atoms with Crippen molar-refractivity contribution in [2.24, 2.45) is 34.7 Å². The lowest BCUT2D eigenvalue weighted by Gasteiger charge is -2.48. The molecule has 5 saturated heterocycles. The second-order valence-electron chi connectivity index (χ2n) is 19.1. The minimum atomic E-state index is -1.39. The molecule has 340 valence electrons. The number of esters is 1. The van der Waals surface area contributed by atoms with Gasteiger partial charge in [0.25, 0.3) is 0 Å². The zero-order valence-electron chi connectivity index (χ0n) is 38.0. The number of ketones is 1. The third kappa shape index (κ3) is 9.05. The first-order valence-corrected chi connectivity index (χ1v) is 22.4. The van der Waals surface area contributed by atoms with Crippen LogP contribution in [0.4, 0.5) is 4.79 Å². The smallest absolute Gasteiger partial charge is 0.411 e. The van der Waals surface area contributed by atoms with E-state index >= 15 is 0 Å². The fourth-order valence-corrected chi connectivity index (χ4v) is 10.8. The van der Waals surface area contributed by atoms with Gasteiger partial charge in [-0.15, -0.1) is 0 Å². The number of likely N-dealkylation sites (N-methyl/N-ethyl adjacent to an activating group) is 1. The number of fused-ring (bicyclic) bond motifs is 5. The minimum Gasteiger partial charge on any atom is -0.458 e. The van der Waals surface area contributed by atoms with Crippen LogP contribution in [-0.4, -0.2) is 132 Å². The van der Waals surface area contributed by atoms with Crippen LogP contribution in [0.1, 0.15) is 80.2 Å². The van der Waals surface area contributed by atoms with Crippen LogP contribution >= 0.6 is 0 Å². The van der Waals surface area contributed by atoms with Gasteiger partial charge < -0.3 is 43.3 Å². The molecule has 0 aliphatic carbocycles. The molecule has 2 aromatic rings. The molecule has 1 N–H and O–H groups in total. The third-order valence-electron chi connectivity index (χ3n) is 14.2. The number of carbonyl (C=O) groups is 3. The molecule has 0 spiro atoms. The Labute approximate surface area is 366 Å². The number of cyclic esters (lactones) is 1. The van der Waals surface area contributed by atoms with Gasteiger partial charge in [0.1, 0.15) is 24.6 Å². The van der Waals surface area contributed by atoms with Crippen LogP contribution in [-0.2, 0) is 49.5 Å². The van der Waals surface area contributed by atoms with Crippen LogP contribution in [0.3, 0.4) is 0 Å². The maximum atomic E-state index is 14.9. The lowest BCUT2D eigenvalue weighted by Crippen LogP contribution is -2.61. The van der Waals surface area contributed by atoms with E-state index in [1.807, 2.05) is 96.9 Å². The fraction of sp³-hybridized carbons (Fsp3) is 0.667. The van der Waals surface area contributed by atoms with Gasteiger partial charge in [0.05, 0.1) is 61.3 Å². The first kappa shape index (κ1) is 46.1. The summed E-state index contributed by atoms with van der Waals surface area (Å²) in [5.74, 6) is -3.96. The Balaban J connectivity index is 1.35. The molecule has 3 unspecified atom stereocenters. The van der Waals surface area contributed by atoms with E-state index in [0.29, 0.717) is 18.6 Å². The van der Waals surface area contributed by atoms with Gasteiger partial charge >= 0.3 is 12.1 Å². The summed E-state index contributed by atoms with van der Waals surface area (Å²) in [7, 11) is 3.84. The number of aliphatic hydroxyl groups excluding tert-OH is 1. The number of benzene rings is 2. The van der Waals surface area contributed by atoms with Crippen molar-refractivity contribution in [3.8, 4) is 11.1 Å². The maximum absolute atomic E-state index is 14.9. The van der Waals surface area contributed by atoms with Gasteiger partial charge in [-0.05, 0) is 83.8 Å². The van der Waals surface area contributed by atoms with Gasteiger partial charge in [0, 0.05) is 29.7 Å². The van der Waals surface area contributed by atoms with Crippen LogP contribution in [0.15, 0.2) is 59.8 Å². The molecule has 1 amide bonds. The highest BCUT2D eigenvalue weighted by Gasteiger charge is 2.61. The number of amides is 1. The van der Waals surface area contributed by atoms with E-state index in [4.69, 9.17) is 38.4 Å². The SMILES string of the molecule is CC[C@H]1OC(=O)[C@H](C)[C@H]2OCC3COC(C)(C[C@@H](C)C(=O)[C@H](C)[C@@H]4N(C/C3=N/OCc3cccc(-c5ccccc5)c3)C(=O)OC41C)[C@H](O[C@@H]1O[C@H](C)C[C@H](N(C)C)[C@H]1O)[C@H]2C. The van der Waals surface area contributed by atoms with Crippen LogP contribution in [0, 0.1) is 29.6 Å². The van der Waals surface area contributed by atoms with Crippen molar-refractivity contribution in [3.05, 3.63) is 60.2 Å². The summed E-state index contributed by atoms with van der Waals surface area (Å²) in [4.78, 5) is 53.4. The first-order valence-electron chi connectivity index (χ1n) is 22.4. The van der Waals surface area contributed by atoms with Gasteiger partial charge in [-0.3, -0.25) is 14.5 Å². The molecule has 62 heavy (non-hydrogen) atoms. The molecule has 15 atom stereocenters. The number of ether oxygens (including phenoxy) is 6. The Hall–Kier alpha value is -3.92. The molecule has 2 aromatic carbocycles. The predicted molar refractivity (Wildman–Crippen MR) is 231 cm³/mol. The molecule has 7 rings (SSSR count).